The Hall–Kier alpha value is -4.53. The van der Waals surface area contributed by atoms with Gasteiger partial charge in [-0.25, -0.2) is 0 Å². The van der Waals surface area contributed by atoms with Gasteiger partial charge in [0.25, 0.3) is 17.5 Å². The zero-order valence-corrected chi connectivity index (χ0v) is 15.3. The topological polar surface area (TPSA) is 141 Å². The number of hydrogen-bond donors (Lipinski definition) is 2. The van der Waals surface area contributed by atoms with Gasteiger partial charge in [-0.05, 0) is 29.3 Å². The molecule has 0 aliphatic carbocycles. The maximum atomic E-state index is 12.6. The minimum atomic E-state index is -1.38. The van der Waals surface area contributed by atoms with Crippen molar-refractivity contribution in [3.8, 4) is 11.1 Å². The molecule has 0 bridgehead atoms. The van der Waals surface area contributed by atoms with Crippen LogP contribution in [0.15, 0.2) is 72.8 Å². The molecular formula is C21H14N3O6-. The van der Waals surface area contributed by atoms with Gasteiger partial charge in [-0.2, -0.15) is 0 Å². The summed E-state index contributed by atoms with van der Waals surface area (Å²) in [6, 6.07) is 17.2. The molecule has 9 nitrogen and oxygen atoms in total. The molecule has 0 saturated carbocycles. The first-order valence-corrected chi connectivity index (χ1v) is 8.63. The van der Waals surface area contributed by atoms with Crippen LogP contribution in [0.3, 0.4) is 0 Å². The first-order valence-electron chi connectivity index (χ1n) is 8.63. The lowest BCUT2D eigenvalue weighted by Crippen LogP contribution is -2.41. The number of carbonyl (C=O) groups is 3. The van der Waals surface area contributed by atoms with Crippen LogP contribution >= 0.6 is 0 Å². The van der Waals surface area contributed by atoms with Gasteiger partial charge in [-0.3, -0.25) is 30.6 Å². The molecule has 0 heterocycles. The lowest BCUT2D eigenvalue weighted by Gasteiger charge is -2.14. The van der Waals surface area contributed by atoms with Crippen molar-refractivity contribution in [1.29, 1.82) is 0 Å². The molecule has 0 saturated heterocycles. The van der Waals surface area contributed by atoms with Crippen LogP contribution in [-0.2, 0) is 0 Å². The number of carboxylic acid groups (broad SMARTS) is 1. The second-order valence-corrected chi connectivity index (χ2v) is 6.09. The van der Waals surface area contributed by atoms with Crippen LogP contribution < -0.4 is 16.0 Å². The van der Waals surface area contributed by atoms with E-state index in [0.29, 0.717) is 11.1 Å². The van der Waals surface area contributed by atoms with Crippen LogP contribution in [-0.4, -0.2) is 22.7 Å². The van der Waals surface area contributed by atoms with E-state index in [-0.39, 0.29) is 22.4 Å². The average molecular weight is 404 g/mol. The van der Waals surface area contributed by atoms with E-state index in [1.54, 1.807) is 36.4 Å². The van der Waals surface area contributed by atoms with Crippen molar-refractivity contribution >= 4 is 23.5 Å². The molecule has 0 aromatic heterocycles. The number of benzene rings is 3. The monoisotopic (exact) mass is 404 g/mol. The van der Waals surface area contributed by atoms with Crippen LogP contribution in [0.25, 0.3) is 11.1 Å². The largest absolute Gasteiger partial charge is 0.545 e. The lowest BCUT2D eigenvalue weighted by atomic mass is 9.95. The molecule has 30 heavy (non-hydrogen) atoms. The predicted octanol–water partition coefficient (Wildman–Crippen LogP) is 1.70. The molecule has 3 rings (SSSR count). The highest BCUT2D eigenvalue weighted by Crippen LogP contribution is 2.27. The number of nitro benzene ring substituents is 1. The summed E-state index contributed by atoms with van der Waals surface area (Å²) in [6.07, 6.45) is 0. The molecular weight excluding hydrogens is 390 g/mol. The fourth-order valence-electron chi connectivity index (χ4n) is 2.80. The minimum absolute atomic E-state index is 0.0762. The van der Waals surface area contributed by atoms with E-state index in [4.69, 9.17) is 0 Å². The Balaban J connectivity index is 1.79. The van der Waals surface area contributed by atoms with Crippen LogP contribution in [0.1, 0.15) is 31.1 Å². The number of nitro groups is 1. The molecule has 0 aliphatic heterocycles. The number of rotatable bonds is 5. The summed E-state index contributed by atoms with van der Waals surface area (Å²) in [5.74, 6) is -2.73. The highest BCUT2D eigenvalue weighted by Gasteiger charge is 2.16. The summed E-state index contributed by atoms with van der Waals surface area (Å²) >= 11 is 0. The minimum Gasteiger partial charge on any atom is -0.545 e. The van der Waals surface area contributed by atoms with Crippen molar-refractivity contribution in [1.82, 2.24) is 10.9 Å². The molecule has 3 aromatic carbocycles. The number of hydrazine groups is 1. The van der Waals surface area contributed by atoms with Crippen molar-refractivity contribution in [2.45, 2.75) is 0 Å². The Kier molecular flexibility index (Phi) is 5.83. The van der Waals surface area contributed by atoms with Crippen LogP contribution in [0.4, 0.5) is 5.69 Å². The number of hydrogen-bond acceptors (Lipinski definition) is 6. The van der Waals surface area contributed by atoms with Gasteiger partial charge >= 0.3 is 0 Å². The van der Waals surface area contributed by atoms with E-state index >= 15 is 0 Å². The molecule has 0 unspecified atom stereocenters. The molecule has 0 spiro atoms. The molecule has 150 valence electrons. The Morgan fingerprint density at radius 1 is 0.700 bits per heavy atom. The third kappa shape index (κ3) is 4.30. The molecule has 2 amide bonds. The molecule has 3 aromatic rings. The number of aromatic carboxylic acids is 1. The molecule has 9 heteroatoms. The van der Waals surface area contributed by atoms with Crippen LogP contribution in [0.5, 0.6) is 0 Å². The predicted molar refractivity (Wildman–Crippen MR) is 104 cm³/mol. The molecule has 0 atom stereocenters. The zero-order valence-electron chi connectivity index (χ0n) is 15.3. The third-order valence-corrected chi connectivity index (χ3v) is 4.24. The van der Waals surface area contributed by atoms with Crippen molar-refractivity contribution in [3.05, 3.63) is 99.6 Å². The standard InChI is InChI=1S/C21H15N3O6/c25-19(13-9-11-14(12-10-13)24(29)30)22-23-20(26)17-7-3-1-5-15(17)16-6-2-4-8-18(16)21(27)28/h1-12H,(H,22,25)(H,23,26)(H,27,28)/p-1. The number of carbonyl (C=O) groups excluding carboxylic acids is 3. The smallest absolute Gasteiger partial charge is 0.270 e. The Bertz CT molecular complexity index is 1140. The van der Waals surface area contributed by atoms with Gasteiger partial charge < -0.3 is 9.90 Å². The second-order valence-electron chi connectivity index (χ2n) is 6.09. The fourth-order valence-corrected chi connectivity index (χ4v) is 2.80. The zero-order chi connectivity index (χ0) is 21.7. The van der Waals surface area contributed by atoms with Crippen molar-refractivity contribution in [2.75, 3.05) is 0 Å². The number of nitrogens with zero attached hydrogens (tertiary/aromatic N) is 1. The summed E-state index contributed by atoms with van der Waals surface area (Å²) in [4.78, 5) is 46.3. The highest BCUT2D eigenvalue weighted by molar-refractivity contribution is 6.05. The van der Waals surface area contributed by atoms with Gasteiger partial charge in [0.1, 0.15) is 0 Å². The first-order chi connectivity index (χ1) is 14.4. The number of nitrogens with one attached hydrogen (secondary N) is 2. The third-order valence-electron chi connectivity index (χ3n) is 4.24. The quantitative estimate of drug-likeness (QED) is 0.490. The Morgan fingerprint density at radius 2 is 1.20 bits per heavy atom. The molecule has 2 N–H and O–H groups in total. The van der Waals surface area contributed by atoms with Gasteiger partial charge in [0.05, 0.1) is 10.9 Å². The SMILES string of the molecule is O=C(NNC(=O)c1ccccc1-c1ccccc1C(=O)[O-])c1ccc([N+](=O)[O-])cc1. The first kappa shape index (κ1) is 20.2. The second kappa shape index (κ2) is 8.65. The summed E-state index contributed by atoms with van der Waals surface area (Å²) < 4.78 is 0. The number of amides is 2. The molecule has 0 fully saturated rings. The maximum Gasteiger partial charge on any atom is 0.270 e. The molecule has 0 radical (unpaired) electrons. The Morgan fingerprint density at radius 3 is 1.77 bits per heavy atom. The van der Waals surface area contributed by atoms with E-state index in [0.717, 1.165) is 0 Å². The number of carboxylic acids is 1. The normalized spacial score (nSPS) is 10.1. The van der Waals surface area contributed by atoms with Crippen molar-refractivity contribution in [3.63, 3.8) is 0 Å². The van der Waals surface area contributed by atoms with Gasteiger partial charge in [0.15, 0.2) is 0 Å². The average Bonchev–Trinajstić information content (AvgIpc) is 2.77. The number of non-ortho nitro benzene ring substituents is 1. The lowest BCUT2D eigenvalue weighted by molar-refractivity contribution is -0.384. The maximum absolute atomic E-state index is 12.6. The van der Waals surface area contributed by atoms with Gasteiger partial charge in [0, 0.05) is 28.8 Å². The Labute approximate surface area is 170 Å². The summed E-state index contributed by atoms with van der Waals surface area (Å²) in [6.45, 7) is 0. The van der Waals surface area contributed by atoms with E-state index in [9.17, 15) is 29.6 Å². The summed E-state index contributed by atoms with van der Waals surface area (Å²) in [5.41, 5.74) is 5.12. The highest BCUT2D eigenvalue weighted by atomic mass is 16.6. The van der Waals surface area contributed by atoms with E-state index in [1.807, 2.05) is 0 Å². The van der Waals surface area contributed by atoms with E-state index in [1.165, 1.54) is 36.4 Å². The van der Waals surface area contributed by atoms with Gasteiger partial charge in [-0.1, -0.05) is 42.5 Å². The fraction of sp³-hybridized carbons (Fsp3) is 0. The van der Waals surface area contributed by atoms with Crippen molar-refractivity contribution in [2.24, 2.45) is 0 Å². The van der Waals surface area contributed by atoms with Crippen LogP contribution in [0.2, 0.25) is 0 Å². The van der Waals surface area contributed by atoms with Gasteiger partial charge in [-0.15, -0.1) is 0 Å². The summed E-state index contributed by atoms with van der Waals surface area (Å²) in [7, 11) is 0. The summed E-state index contributed by atoms with van der Waals surface area (Å²) in [5, 5.41) is 22.1. The van der Waals surface area contributed by atoms with E-state index < -0.39 is 22.7 Å². The van der Waals surface area contributed by atoms with E-state index in [2.05, 4.69) is 10.9 Å². The van der Waals surface area contributed by atoms with Crippen LogP contribution in [0, 0.1) is 10.1 Å². The van der Waals surface area contributed by atoms with Crippen molar-refractivity contribution < 1.29 is 24.4 Å². The van der Waals surface area contributed by atoms with Gasteiger partial charge in [0.2, 0.25) is 0 Å². The molecule has 0 aliphatic rings.